The summed E-state index contributed by atoms with van der Waals surface area (Å²) in [6.45, 7) is 1.44. The van der Waals surface area contributed by atoms with E-state index in [9.17, 15) is 4.79 Å². The van der Waals surface area contributed by atoms with E-state index in [0.717, 1.165) is 42.2 Å². The van der Waals surface area contributed by atoms with Crippen molar-refractivity contribution in [3.63, 3.8) is 0 Å². The lowest BCUT2D eigenvalue weighted by Gasteiger charge is -2.37. The lowest BCUT2D eigenvalue weighted by atomic mass is 9.85. The van der Waals surface area contributed by atoms with Crippen LogP contribution in [0.2, 0.25) is 0 Å². The number of carbonyl (C=O) groups is 1. The fourth-order valence-corrected chi connectivity index (χ4v) is 6.16. The first-order chi connectivity index (χ1) is 10.6. The van der Waals surface area contributed by atoms with Gasteiger partial charge in [0.15, 0.2) is 4.87 Å². The molecule has 6 heteroatoms. The fourth-order valence-electron chi connectivity index (χ4n) is 3.92. The van der Waals surface area contributed by atoms with E-state index in [-0.39, 0.29) is 11.8 Å². The number of ether oxygens (including phenoxy) is 1. The predicted molar refractivity (Wildman–Crippen MR) is 93.3 cm³/mol. The molecule has 2 fully saturated rings. The molecule has 2 heterocycles. The molecule has 4 nitrogen and oxygen atoms in total. The summed E-state index contributed by atoms with van der Waals surface area (Å²) >= 11 is 5.26. The van der Waals surface area contributed by atoms with Crippen LogP contribution < -0.4 is 11.1 Å². The normalized spacial score (nSPS) is 31.3. The van der Waals surface area contributed by atoms with Gasteiger partial charge < -0.3 is 15.8 Å². The summed E-state index contributed by atoms with van der Waals surface area (Å²) in [4.78, 5) is 11.6. The smallest absolute Gasteiger partial charge is 0.254 e. The summed E-state index contributed by atoms with van der Waals surface area (Å²) in [6.07, 6.45) is 9.46. The number of allylic oxidation sites excluding steroid dienone is 1. The van der Waals surface area contributed by atoms with Crippen LogP contribution in [0, 0.1) is 11.8 Å². The number of carbonyl (C=O) groups excluding carboxylic acids is 1. The Morgan fingerprint density at radius 3 is 2.59 bits per heavy atom. The van der Waals surface area contributed by atoms with Gasteiger partial charge in [0.05, 0.1) is 3.81 Å². The number of hydrogen-bond donors (Lipinski definition) is 2. The fraction of sp³-hybridized carbons (Fsp3) is 0.812. The SMILES string of the molecule is NC(=O)C1(C2CCOCC2)NC(CC2CCCCC2)=C(Br)S1. The zero-order chi connectivity index (χ0) is 15.6. The molecule has 0 aromatic heterocycles. The molecule has 1 aliphatic carbocycles. The zero-order valence-electron chi connectivity index (χ0n) is 12.9. The molecule has 0 aromatic rings. The molecule has 3 N–H and O–H groups in total. The first kappa shape index (κ1) is 16.7. The lowest BCUT2D eigenvalue weighted by molar-refractivity contribution is -0.123. The number of hydrogen-bond acceptors (Lipinski definition) is 4. The van der Waals surface area contributed by atoms with Crippen molar-refractivity contribution >= 4 is 33.6 Å². The predicted octanol–water partition coefficient (Wildman–Crippen LogP) is 3.47. The highest BCUT2D eigenvalue weighted by Gasteiger charge is 2.50. The molecule has 22 heavy (non-hydrogen) atoms. The highest BCUT2D eigenvalue weighted by Crippen LogP contribution is 2.50. The summed E-state index contributed by atoms with van der Waals surface area (Å²) < 4.78 is 6.52. The topological polar surface area (TPSA) is 64.4 Å². The third kappa shape index (κ3) is 3.34. The van der Waals surface area contributed by atoms with Crippen molar-refractivity contribution in [2.75, 3.05) is 13.2 Å². The van der Waals surface area contributed by atoms with Gasteiger partial charge in [0.1, 0.15) is 0 Å². The van der Waals surface area contributed by atoms with Gasteiger partial charge in [0.2, 0.25) is 0 Å². The van der Waals surface area contributed by atoms with Gasteiger partial charge in [-0.3, -0.25) is 4.79 Å². The highest BCUT2D eigenvalue weighted by atomic mass is 79.9. The van der Waals surface area contributed by atoms with E-state index in [2.05, 4.69) is 21.2 Å². The maximum atomic E-state index is 12.3. The van der Waals surface area contributed by atoms with Crippen molar-refractivity contribution in [3.8, 4) is 0 Å². The number of thioether (sulfide) groups is 1. The molecule has 0 radical (unpaired) electrons. The molecule has 0 aromatic carbocycles. The quantitative estimate of drug-likeness (QED) is 0.773. The van der Waals surface area contributed by atoms with Crippen LogP contribution in [-0.4, -0.2) is 24.0 Å². The molecule has 0 spiro atoms. The maximum Gasteiger partial charge on any atom is 0.254 e. The van der Waals surface area contributed by atoms with E-state index in [1.807, 2.05) is 0 Å². The monoisotopic (exact) mass is 388 g/mol. The van der Waals surface area contributed by atoms with Crippen LogP contribution in [-0.2, 0) is 9.53 Å². The van der Waals surface area contributed by atoms with Crippen LogP contribution in [0.1, 0.15) is 51.4 Å². The Hall–Kier alpha value is -0.200. The summed E-state index contributed by atoms with van der Waals surface area (Å²) in [5, 5.41) is 3.54. The second-order valence-electron chi connectivity index (χ2n) is 6.67. The maximum absolute atomic E-state index is 12.3. The van der Waals surface area contributed by atoms with E-state index < -0.39 is 4.87 Å². The molecule has 1 unspecified atom stereocenters. The Labute approximate surface area is 145 Å². The van der Waals surface area contributed by atoms with Crippen molar-refractivity contribution in [1.29, 1.82) is 0 Å². The Balaban J connectivity index is 1.71. The molecule has 3 aliphatic rings. The Morgan fingerprint density at radius 1 is 1.27 bits per heavy atom. The van der Waals surface area contributed by atoms with Gasteiger partial charge in [-0.2, -0.15) is 0 Å². The van der Waals surface area contributed by atoms with E-state index in [1.54, 1.807) is 11.8 Å². The second-order valence-corrected chi connectivity index (χ2v) is 9.25. The van der Waals surface area contributed by atoms with Crippen LogP contribution in [0.25, 0.3) is 0 Å². The summed E-state index contributed by atoms with van der Waals surface area (Å²) in [5.41, 5.74) is 6.99. The van der Waals surface area contributed by atoms with Crippen LogP contribution in [0.4, 0.5) is 0 Å². The minimum absolute atomic E-state index is 0.236. The Morgan fingerprint density at radius 2 is 1.95 bits per heavy atom. The van der Waals surface area contributed by atoms with Crippen LogP contribution in [0.3, 0.4) is 0 Å². The number of nitrogens with one attached hydrogen (secondary N) is 1. The van der Waals surface area contributed by atoms with Gasteiger partial charge in [-0.25, -0.2) is 0 Å². The molecule has 1 saturated carbocycles. The van der Waals surface area contributed by atoms with Crippen molar-refractivity contribution in [1.82, 2.24) is 5.32 Å². The number of amides is 1. The number of nitrogens with two attached hydrogens (primary N) is 1. The summed E-state index contributed by atoms with van der Waals surface area (Å²) in [7, 11) is 0. The van der Waals surface area contributed by atoms with Gasteiger partial charge in [-0.15, -0.1) is 0 Å². The van der Waals surface area contributed by atoms with Crippen LogP contribution >= 0.6 is 27.7 Å². The van der Waals surface area contributed by atoms with Gasteiger partial charge in [0, 0.05) is 24.8 Å². The third-order valence-corrected chi connectivity index (χ3v) is 7.55. The molecular formula is C16H25BrN2O2S. The lowest BCUT2D eigenvalue weighted by Crippen LogP contribution is -2.56. The van der Waals surface area contributed by atoms with E-state index in [0.29, 0.717) is 0 Å². The number of halogens is 1. The average Bonchev–Trinajstić information content (AvgIpc) is 2.87. The zero-order valence-corrected chi connectivity index (χ0v) is 15.3. The van der Waals surface area contributed by atoms with E-state index in [4.69, 9.17) is 10.5 Å². The van der Waals surface area contributed by atoms with E-state index in [1.165, 1.54) is 37.8 Å². The summed E-state index contributed by atoms with van der Waals surface area (Å²) in [6, 6.07) is 0. The Kier molecular flexibility index (Phi) is 5.40. The highest BCUT2D eigenvalue weighted by molar-refractivity contribution is 9.14. The molecule has 1 saturated heterocycles. The van der Waals surface area contributed by atoms with Crippen molar-refractivity contribution in [3.05, 3.63) is 9.51 Å². The Bertz CT molecular complexity index is 459. The molecular weight excluding hydrogens is 364 g/mol. The van der Waals surface area contributed by atoms with Gasteiger partial charge >= 0.3 is 0 Å². The minimum atomic E-state index is -0.688. The van der Waals surface area contributed by atoms with Crippen molar-refractivity contribution < 1.29 is 9.53 Å². The summed E-state index contributed by atoms with van der Waals surface area (Å²) in [5.74, 6) is 0.725. The molecule has 1 amide bonds. The molecule has 2 aliphatic heterocycles. The second kappa shape index (κ2) is 7.14. The van der Waals surface area contributed by atoms with Crippen molar-refractivity contribution in [2.24, 2.45) is 17.6 Å². The largest absolute Gasteiger partial charge is 0.381 e. The standard InChI is InChI=1S/C16H25BrN2O2S/c17-14-13(10-11-4-2-1-3-5-11)19-16(22-14,15(18)20)12-6-8-21-9-7-12/h11-12,19H,1-10H2,(H2,18,20). The number of rotatable bonds is 4. The van der Waals surface area contributed by atoms with Gasteiger partial charge in [-0.1, -0.05) is 43.9 Å². The first-order valence-corrected chi connectivity index (χ1v) is 9.96. The van der Waals surface area contributed by atoms with Crippen LogP contribution in [0.5, 0.6) is 0 Å². The van der Waals surface area contributed by atoms with Crippen molar-refractivity contribution in [2.45, 2.75) is 56.2 Å². The number of primary amides is 1. The third-order valence-electron chi connectivity index (χ3n) is 5.20. The average molecular weight is 389 g/mol. The van der Waals surface area contributed by atoms with E-state index >= 15 is 0 Å². The molecule has 3 rings (SSSR count). The first-order valence-electron chi connectivity index (χ1n) is 8.35. The molecule has 1 atom stereocenters. The van der Waals surface area contributed by atoms with Gasteiger partial charge in [-0.05, 0) is 41.1 Å². The van der Waals surface area contributed by atoms with Crippen LogP contribution in [0.15, 0.2) is 9.51 Å². The minimum Gasteiger partial charge on any atom is -0.381 e. The molecule has 124 valence electrons. The van der Waals surface area contributed by atoms with Gasteiger partial charge in [0.25, 0.3) is 5.91 Å². The molecule has 0 bridgehead atoms.